The van der Waals surface area contributed by atoms with E-state index < -0.39 is 22.0 Å². The van der Waals surface area contributed by atoms with Gasteiger partial charge in [-0.25, -0.2) is 13.1 Å². The maximum absolute atomic E-state index is 12.0. The van der Waals surface area contributed by atoms with Gasteiger partial charge in [-0.1, -0.05) is 31.9 Å². The van der Waals surface area contributed by atoms with Crippen LogP contribution >= 0.6 is 0 Å². The molecular formula is C23H38N2O5S. The molecule has 0 radical (unpaired) electrons. The Morgan fingerprint density at radius 2 is 1.87 bits per heavy atom. The van der Waals surface area contributed by atoms with Crippen molar-refractivity contribution in [2.75, 3.05) is 32.5 Å². The number of likely N-dealkylation sites (tertiary alicyclic amines) is 1. The molecule has 2 N–H and O–H groups in total. The fourth-order valence-electron chi connectivity index (χ4n) is 3.82. The number of benzene rings is 1. The summed E-state index contributed by atoms with van der Waals surface area (Å²) in [5, 5.41) is 9.40. The van der Waals surface area contributed by atoms with Crippen LogP contribution in [0.5, 0.6) is 5.75 Å². The Bertz CT molecular complexity index is 759. The first-order valence-electron chi connectivity index (χ1n) is 11.4. The molecule has 0 unspecified atom stereocenters. The highest BCUT2D eigenvalue weighted by Gasteiger charge is 2.24. The topological polar surface area (TPSA) is 95.9 Å². The predicted octanol–water partition coefficient (Wildman–Crippen LogP) is 3.29. The Labute approximate surface area is 187 Å². The van der Waals surface area contributed by atoms with Gasteiger partial charge in [0.1, 0.15) is 11.8 Å². The maximum Gasteiger partial charge on any atom is 0.322 e. The van der Waals surface area contributed by atoms with Crippen LogP contribution in [0.1, 0.15) is 57.4 Å². The average molecular weight is 455 g/mol. The summed E-state index contributed by atoms with van der Waals surface area (Å²) in [6, 6.07) is 6.05. The molecular weight excluding hydrogens is 416 g/mol. The molecule has 1 atom stereocenters. The van der Waals surface area contributed by atoms with E-state index in [1.54, 1.807) is 12.1 Å². The van der Waals surface area contributed by atoms with Gasteiger partial charge in [0, 0.05) is 0 Å². The molecule has 8 heteroatoms. The second kappa shape index (κ2) is 13.0. The third-order valence-electron chi connectivity index (χ3n) is 5.86. The number of ether oxygens (including phenoxy) is 1. The second-order valence-corrected chi connectivity index (χ2v) is 10.5. The van der Waals surface area contributed by atoms with Crippen LogP contribution in [0.15, 0.2) is 24.3 Å². The van der Waals surface area contributed by atoms with Crippen molar-refractivity contribution in [1.82, 2.24) is 9.62 Å². The number of rotatable bonds is 14. The lowest BCUT2D eigenvalue weighted by Crippen LogP contribution is -2.43. The van der Waals surface area contributed by atoms with E-state index in [1.165, 1.54) is 38.8 Å². The predicted molar refractivity (Wildman–Crippen MR) is 123 cm³/mol. The zero-order valence-electron chi connectivity index (χ0n) is 18.9. The van der Waals surface area contributed by atoms with Crippen LogP contribution in [-0.4, -0.2) is 62.9 Å². The first kappa shape index (κ1) is 25.6. The van der Waals surface area contributed by atoms with Crippen LogP contribution in [0.25, 0.3) is 0 Å². The highest BCUT2D eigenvalue weighted by Crippen LogP contribution is 2.22. The fraction of sp³-hybridized carbons (Fsp3) is 0.696. The van der Waals surface area contributed by atoms with E-state index in [2.05, 4.69) is 16.7 Å². The highest BCUT2D eigenvalue weighted by molar-refractivity contribution is 7.89. The number of hydrogen-bond donors (Lipinski definition) is 2. The van der Waals surface area contributed by atoms with E-state index in [-0.39, 0.29) is 12.2 Å². The van der Waals surface area contributed by atoms with Gasteiger partial charge in [0.05, 0.1) is 12.4 Å². The lowest BCUT2D eigenvalue weighted by Gasteiger charge is -2.28. The minimum Gasteiger partial charge on any atom is -0.494 e. The zero-order chi connectivity index (χ0) is 22.7. The standard InChI is InChI=1S/C23H38N2O5S/c1-3-4-17-31(28,29)24-22(23(26)27)18-20-8-10-21(11-9-20)30-16-6-5-7-19-12-14-25(2)15-13-19/h8-11,19,22,24H,3-7,12-18H2,1-2H3,(H,26,27)/t22-/m0/s1. The summed E-state index contributed by atoms with van der Waals surface area (Å²) in [5.41, 5.74) is 0.750. The Kier molecular flexibility index (Phi) is 10.8. The van der Waals surface area contributed by atoms with Crippen molar-refractivity contribution in [3.8, 4) is 5.75 Å². The number of unbranched alkanes of at least 4 members (excludes halogenated alkanes) is 2. The molecule has 0 amide bonds. The number of nitrogens with one attached hydrogen (secondary N) is 1. The van der Waals surface area contributed by atoms with Crippen LogP contribution in [0, 0.1) is 5.92 Å². The van der Waals surface area contributed by atoms with Gasteiger partial charge in [-0.3, -0.25) is 4.79 Å². The third-order valence-corrected chi connectivity index (χ3v) is 7.33. The summed E-state index contributed by atoms with van der Waals surface area (Å²) in [6.07, 6.45) is 7.39. The molecule has 0 saturated carbocycles. The van der Waals surface area contributed by atoms with Gasteiger partial charge in [-0.2, -0.15) is 0 Å². The fourth-order valence-corrected chi connectivity index (χ4v) is 5.23. The van der Waals surface area contributed by atoms with Crippen LogP contribution in [-0.2, 0) is 21.2 Å². The molecule has 0 bridgehead atoms. The van der Waals surface area contributed by atoms with Crippen molar-refractivity contribution < 1.29 is 23.1 Å². The molecule has 1 saturated heterocycles. The van der Waals surface area contributed by atoms with Gasteiger partial charge < -0.3 is 14.7 Å². The minimum atomic E-state index is -3.60. The molecule has 0 aromatic heterocycles. The highest BCUT2D eigenvalue weighted by atomic mass is 32.2. The average Bonchev–Trinajstić information content (AvgIpc) is 2.74. The van der Waals surface area contributed by atoms with Crippen molar-refractivity contribution in [2.24, 2.45) is 5.92 Å². The number of aliphatic carboxylic acids is 1. The molecule has 176 valence electrons. The van der Waals surface area contributed by atoms with Crippen molar-refractivity contribution in [3.63, 3.8) is 0 Å². The molecule has 1 aliphatic rings. The van der Waals surface area contributed by atoms with Gasteiger partial charge in [0.25, 0.3) is 0 Å². The molecule has 1 aromatic carbocycles. The van der Waals surface area contributed by atoms with E-state index in [9.17, 15) is 18.3 Å². The molecule has 7 nitrogen and oxygen atoms in total. The molecule has 1 aliphatic heterocycles. The van der Waals surface area contributed by atoms with Crippen LogP contribution in [0.4, 0.5) is 0 Å². The number of hydrogen-bond acceptors (Lipinski definition) is 5. The van der Waals surface area contributed by atoms with Gasteiger partial charge in [0.2, 0.25) is 10.0 Å². The van der Waals surface area contributed by atoms with E-state index in [0.717, 1.165) is 30.1 Å². The van der Waals surface area contributed by atoms with Crippen molar-refractivity contribution in [3.05, 3.63) is 29.8 Å². The normalized spacial score (nSPS) is 16.8. The number of nitrogens with zero attached hydrogens (tertiary/aromatic N) is 1. The van der Waals surface area contributed by atoms with E-state index in [4.69, 9.17) is 4.74 Å². The molecule has 31 heavy (non-hydrogen) atoms. The van der Waals surface area contributed by atoms with Crippen LogP contribution in [0.3, 0.4) is 0 Å². The van der Waals surface area contributed by atoms with Crippen molar-refractivity contribution >= 4 is 16.0 Å². The number of carboxylic acid groups (broad SMARTS) is 1. The quantitative estimate of drug-likeness (QED) is 0.419. The Hall–Kier alpha value is -1.64. The number of carboxylic acids is 1. The summed E-state index contributed by atoms with van der Waals surface area (Å²) >= 11 is 0. The molecule has 1 heterocycles. The van der Waals surface area contributed by atoms with E-state index in [0.29, 0.717) is 13.0 Å². The minimum absolute atomic E-state index is 0.0577. The first-order chi connectivity index (χ1) is 14.8. The summed E-state index contributed by atoms with van der Waals surface area (Å²) in [4.78, 5) is 13.9. The monoisotopic (exact) mass is 454 g/mol. The van der Waals surface area contributed by atoms with Crippen molar-refractivity contribution in [2.45, 2.75) is 64.3 Å². The molecule has 1 fully saturated rings. The largest absolute Gasteiger partial charge is 0.494 e. The lowest BCUT2D eigenvalue weighted by atomic mass is 9.92. The SMILES string of the molecule is CCCCS(=O)(=O)N[C@@H](Cc1ccc(OCCCCC2CCN(C)CC2)cc1)C(=O)O. The summed E-state index contributed by atoms with van der Waals surface area (Å²) in [7, 11) is -1.42. The second-order valence-electron chi connectivity index (χ2n) is 8.62. The maximum atomic E-state index is 12.0. The summed E-state index contributed by atoms with van der Waals surface area (Å²) in [6.45, 7) is 4.97. The first-order valence-corrected chi connectivity index (χ1v) is 13.1. The van der Waals surface area contributed by atoms with Gasteiger partial charge in [-0.15, -0.1) is 0 Å². The number of carbonyl (C=O) groups is 1. The molecule has 0 spiro atoms. The van der Waals surface area contributed by atoms with Gasteiger partial charge in [-0.05, 0) is 82.3 Å². The molecule has 1 aromatic rings. The summed E-state index contributed by atoms with van der Waals surface area (Å²) < 4.78 is 32.2. The van der Waals surface area contributed by atoms with Crippen LogP contribution < -0.4 is 9.46 Å². The molecule has 0 aliphatic carbocycles. The number of piperidine rings is 1. The Morgan fingerprint density at radius 3 is 2.48 bits per heavy atom. The zero-order valence-corrected chi connectivity index (χ0v) is 19.7. The van der Waals surface area contributed by atoms with Gasteiger partial charge >= 0.3 is 5.97 Å². The third kappa shape index (κ3) is 10.0. The van der Waals surface area contributed by atoms with Crippen LogP contribution in [0.2, 0.25) is 0 Å². The smallest absolute Gasteiger partial charge is 0.322 e. The number of sulfonamides is 1. The lowest BCUT2D eigenvalue weighted by molar-refractivity contribution is -0.138. The Balaban J connectivity index is 1.72. The molecule has 2 rings (SSSR count). The van der Waals surface area contributed by atoms with Crippen molar-refractivity contribution in [1.29, 1.82) is 0 Å². The summed E-state index contributed by atoms with van der Waals surface area (Å²) in [5.74, 6) is 0.359. The Morgan fingerprint density at radius 1 is 1.19 bits per heavy atom. The van der Waals surface area contributed by atoms with E-state index in [1.807, 2.05) is 19.1 Å². The van der Waals surface area contributed by atoms with Gasteiger partial charge in [0.15, 0.2) is 0 Å². The van der Waals surface area contributed by atoms with E-state index >= 15 is 0 Å².